The molecule has 0 atom stereocenters. The zero-order valence-electron chi connectivity index (χ0n) is 12.0. The van der Waals surface area contributed by atoms with Crippen LogP contribution in [0.25, 0.3) is 0 Å². The van der Waals surface area contributed by atoms with E-state index in [0.29, 0.717) is 6.54 Å². The van der Waals surface area contributed by atoms with Crippen LogP contribution in [0.15, 0.2) is 18.2 Å². The lowest BCUT2D eigenvalue weighted by Crippen LogP contribution is -2.25. The average Bonchev–Trinajstić information content (AvgIpc) is 2.37. The van der Waals surface area contributed by atoms with Crippen LogP contribution in [-0.4, -0.2) is 23.8 Å². The Morgan fingerprint density at radius 2 is 1.90 bits per heavy atom. The fraction of sp³-hybridized carbons (Fsp3) is 0.533. The minimum Gasteiger partial charge on any atom is -0.299 e. The van der Waals surface area contributed by atoms with Crippen molar-refractivity contribution in [2.75, 3.05) is 13.1 Å². The van der Waals surface area contributed by atoms with Crippen molar-refractivity contribution in [3.63, 3.8) is 0 Å². The maximum Gasteiger partial charge on any atom is 0.416 e. The van der Waals surface area contributed by atoms with Crippen molar-refractivity contribution < 1.29 is 18.0 Å². The highest BCUT2D eigenvalue weighted by Gasteiger charge is 2.34. The minimum absolute atomic E-state index is 0.0969. The number of carbonyl (C=O) groups is 1. The van der Waals surface area contributed by atoms with Gasteiger partial charge >= 0.3 is 6.18 Å². The van der Waals surface area contributed by atoms with E-state index in [1.165, 1.54) is 19.1 Å². The van der Waals surface area contributed by atoms with E-state index in [4.69, 9.17) is 0 Å². The van der Waals surface area contributed by atoms with E-state index in [0.717, 1.165) is 19.0 Å². The van der Waals surface area contributed by atoms with Crippen molar-refractivity contribution in [3.8, 4) is 0 Å². The number of halogens is 3. The minimum atomic E-state index is -4.44. The molecule has 0 aliphatic heterocycles. The molecule has 20 heavy (non-hydrogen) atoms. The van der Waals surface area contributed by atoms with Gasteiger partial charge in [0.15, 0.2) is 5.78 Å². The molecule has 0 radical (unpaired) electrons. The first-order valence-corrected chi connectivity index (χ1v) is 6.73. The third-order valence-corrected chi connectivity index (χ3v) is 3.20. The summed E-state index contributed by atoms with van der Waals surface area (Å²) in [5.41, 5.74) is -0.392. The Balaban J connectivity index is 3.15. The highest BCUT2D eigenvalue weighted by Crippen LogP contribution is 2.33. The van der Waals surface area contributed by atoms with Crippen LogP contribution in [0, 0.1) is 0 Å². The molecule has 0 fully saturated rings. The number of nitrogens with zero attached hydrogens (tertiary/aromatic N) is 1. The van der Waals surface area contributed by atoms with Crippen molar-refractivity contribution in [3.05, 3.63) is 34.9 Å². The maximum atomic E-state index is 13.1. The molecule has 112 valence electrons. The van der Waals surface area contributed by atoms with Crippen LogP contribution < -0.4 is 0 Å². The zero-order chi connectivity index (χ0) is 15.3. The normalized spacial score (nSPS) is 11.9. The summed E-state index contributed by atoms with van der Waals surface area (Å²) in [5, 5.41) is 0. The summed E-state index contributed by atoms with van der Waals surface area (Å²) in [5.74, 6) is -0.358. The molecule has 0 aliphatic carbocycles. The number of alkyl halides is 3. The molecule has 0 amide bonds. The van der Waals surface area contributed by atoms with Crippen LogP contribution in [0.4, 0.5) is 13.2 Å². The van der Waals surface area contributed by atoms with Crippen LogP contribution >= 0.6 is 0 Å². The Hall–Kier alpha value is -1.36. The van der Waals surface area contributed by atoms with Gasteiger partial charge in [0.2, 0.25) is 0 Å². The highest BCUT2D eigenvalue weighted by atomic mass is 19.4. The molecular weight excluding hydrogens is 267 g/mol. The second-order valence-corrected chi connectivity index (χ2v) is 4.79. The largest absolute Gasteiger partial charge is 0.416 e. The summed E-state index contributed by atoms with van der Waals surface area (Å²) in [6.45, 7) is 6.88. The molecule has 0 saturated heterocycles. The molecule has 2 nitrogen and oxygen atoms in total. The Labute approximate surface area is 117 Å². The summed E-state index contributed by atoms with van der Waals surface area (Å²) in [4.78, 5) is 13.2. The molecule has 0 spiro atoms. The SMILES string of the molecule is CCCN(CC)Cc1ccc(C(C)=O)cc1C(F)(F)F. The first kappa shape index (κ1) is 16.7. The Bertz CT molecular complexity index is 469. The lowest BCUT2D eigenvalue weighted by atomic mass is 10.0. The molecule has 0 aromatic heterocycles. The Morgan fingerprint density at radius 1 is 1.25 bits per heavy atom. The highest BCUT2D eigenvalue weighted by molar-refractivity contribution is 5.94. The fourth-order valence-electron chi connectivity index (χ4n) is 2.10. The molecule has 1 aromatic rings. The van der Waals surface area contributed by atoms with Crippen LogP contribution in [0.1, 0.15) is 48.7 Å². The lowest BCUT2D eigenvalue weighted by molar-refractivity contribution is -0.138. The van der Waals surface area contributed by atoms with Crippen LogP contribution in [0.2, 0.25) is 0 Å². The number of benzene rings is 1. The van der Waals surface area contributed by atoms with Crippen molar-refractivity contribution in [2.24, 2.45) is 0 Å². The second-order valence-electron chi connectivity index (χ2n) is 4.79. The van der Waals surface area contributed by atoms with Gasteiger partial charge < -0.3 is 0 Å². The molecule has 5 heteroatoms. The summed E-state index contributed by atoms with van der Waals surface area (Å²) in [6.07, 6.45) is -3.55. The van der Waals surface area contributed by atoms with Gasteiger partial charge in [-0.25, -0.2) is 0 Å². The standard InChI is InChI=1S/C15H20F3NO/c1-4-8-19(5-2)10-13-7-6-12(11(3)20)9-14(13)15(16,17)18/h6-7,9H,4-5,8,10H2,1-3H3. The smallest absolute Gasteiger partial charge is 0.299 e. The van der Waals surface area contributed by atoms with Crippen LogP contribution in [0.5, 0.6) is 0 Å². The predicted octanol–water partition coefficient (Wildman–Crippen LogP) is 4.14. The number of hydrogen-bond acceptors (Lipinski definition) is 2. The molecule has 1 rings (SSSR count). The Morgan fingerprint density at radius 3 is 2.35 bits per heavy atom. The molecule has 0 unspecified atom stereocenters. The number of hydrogen-bond donors (Lipinski definition) is 0. The van der Waals surface area contributed by atoms with E-state index in [-0.39, 0.29) is 23.5 Å². The number of ketones is 1. The average molecular weight is 287 g/mol. The summed E-state index contributed by atoms with van der Waals surface area (Å²) < 4.78 is 39.3. The Kier molecular flexibility index (Phi) is 5.74. The van der Waals surface area contributed by atoms with Gasteiger partial charge in [-0.05, 0) is 38.1 Å². The van der Waals surface area contributed by atoms with Crippen molar-refractivity contribution in [2.45, 2.75) is 39.9 Å². The van der Waals surface area contributed by atoms with Crippen molar-refractivity contribution >= 4 is 5.78 Å². The molecule has 0 N–H and O–H groups in total. The van der Waals surface area contributed by atoms with Gasteiger partial charge in [-0.3, -0.25) is 9.69 Å². The number of Topliss-reactive ketones (excluding diaryl/α,β-unsaturated/α-hetero) is 1. The molecule has 0 bridgehead atoms. The van der Waals surface area contributed by atoms with Gasteiger partial charge in [-0.2, -0.15) is 13.2 Å². The monoisotopic (exact) mass is 287 g/mol. The molecule has 0 saturated carbocycles. The van der Waals surface area contributed by atoms with Crippen LogP contribution in [-0.2, 0) is 12.7 Å². The van der Waals surface area contributed by atoms with Gasteiger partial charge in [0, 0.05) is 12.1 Å². The lowest BCUT2D eigenvalue weighted by Gasteiger charge is -2.22. The van der Waals surface area contributed by atoms with Gasteiger partial charge in [-0.15, -0.1) is 0 Å². The van der Waals surface area contributed by atoms with Gasteiger partial charge in [0.05, 0.1) is 5.56 Å². The molecular formula is C15H20F3NO. The topological polar surface area (TPSA) is 20.3 Å². The van der Waals surface area contributed by atoms with E-state index < -0.39 is 11.7 Å². The molecule has 0 aliphatic rings. The van der Waals surface area contributed by atoms with Crippen molar-refractivity contribution in [1.82, 2.24) is 4.90 Å². The first-order chi connectivity index (χ1) is 9.29. The maximum absolute atomic E-state index is 13.1. The second kappa shape index (κ2) is 6.88. The predicted molar refractivity (Wildman–Crippen MR) is 72.7 cm³/mol. The summed E-state index contributed by atoms with van der Waals surface area (Å²) in [7, 11) is 0. The van der Waals surface area contributed by atoms with Gasteiger partial charge in [0.25, 0.3) is 0 Å². The first-order valence-electron chi connectivity index (χ1n) is 6.73. The molecule has 1 aromatic carbocycles. The zero-order valence-corrected chi connectivity index (χ0v) is 12.0. The summed E-state index contributed by atoms with van der Waals surface area (Å²) in [6, 6.07) is 3.84. The third kappa shape index (κ3) is 4.34. The van der Waals surface area contributed by atoms with E-state index in [1.807, 2.05) is 18.7 Å². The van der Waals surface area contributed by atoms with Gasteiger partial charge in [0.1, 0.15) is 0 Å². The van der Waals surface area contributed by atoms with E-state index in [2.05, 4.69) is 0 Å². The van der Waals surface area contributed by atoms with E-state index in [9.17, 15) is 18.0 Å². The summed E-state index contributed by atoms with van der Waals surface area (Å²) >= 11 is 0. The van der Waals surface area contributed by atoms with E-state index in [1.54, 1.807) is 0 Å². The molecule has 0 heterocycles. The van der Waals surface area contributed by atoms with E-state index >= 15 is 0 Å². The quantitative estimate of drug-likeness (QED) is 0.733. The third-order valence-electron chi connectivity index (χ3n) is 3.20. The number of rotatable bonds is 6. The fourth-order valence-corrected chi connectivity index (χ4v) is 2.10. The van der Waals surface area contributed by atoms with Crippen LogP contribution in [0.3, 0.4) is 0 Å². The van der Waals surface area contributed by atoms with Crippen molar-refractivity contribution in [1.29, 1.82) is 0 Å². The van der Waals surface area contributed by atoms with Gasteiger partial charge in [-0.1, -0.05) is 26.0 Å². The number of carbonyl (C=O) groups excluding carboxylic acids is 1.